The highest BCUT2D eigenvalue weighted by atomic mass is 35.5. The third-order valence-corrected chi connectivity index (χ3v) is 5.14. The molecule has 1 aliphatic rings. The number of nitrogens with zero attached hydrogens (tertiary/aromatic N) is 2. The van der Waals surface area contributed by atoms with Gasteiger partial charge in [0.25, 0.3) is 5.91 Å². The summed E-state index contributed by atoms with van der Waals surface area (Å²) in [7, 11) is 2.14. The van der Waals surface area contributed by atoms with Gasteiger partial charge >= 0.3 is 0 Å². The van der Waals surface area contributed by atoms with Crippen molar-refractivity contribution in [3.05, 3.63) is 34.9 Å². The minimum Gasteiger partial charge on any atom is -0.354 e. The summed E-state index contributed by atoms with van der Waals surface area (Å²) in [6, 6.07) is 6.08. The quantitative estimate of drug-likeness (QED) is 0.660. The van der Waals surface area contributed by atoms with Gasteiger partial charge in [-0.25, -0.2) is 0 Å². The fourth-order valence-electron chi connectivity index (χ4n) is 3.06. The van der Waals surface area contributed by atoms with Crippen LogP contribution in [0, 0.1) is 5.92 Å². The Kier molecular flexibility index (Phi) is 8.54. The highest BCUT2D eigenvalue weighted by molar-refractivity contribution is 6.30. The Bertz CT molecular complexity index is 613. The van der Waals surface area contributed by atoms with Crippen LogP contribution in [0.4, 0.5) is 0 Å². The fraction of sp³-hybridized carbons (Fsp3) is 0.600. The van der Waals surface area contributed by atoms with Crippen molar-refractivity contribution in [2.45, 2.75) is 26.3 Å². The van der Waals surface area contributed by atoms with Crippen LogP contribution in [0.2, 0.25) is 5.02 Å². The lowest BCUT2D eigenvalue weighted by Gasteiger charge is -2.32. The van der Waals surface area contributed by atoms with Gasteiger partial charge in [-0.2, -0.15) is 0 Å². The monoisotopic (exact) mass is 394 g/mol. The van der Waals surface area contributed by atoms with Crippen molar-refractivity contribution in [2.75, 3.05) is 46.3 Å². The molecule has 1 saturated heterocycles. The predicted octanol–water partition coefficient (Wildman–Crippen LogP) is 1.85. The highest BCUT2D eigenvalue weighted by Gasteiger charge is 2.24. The van der Waals surface area contributed by atoms with Crippen molar-refractivity contribution >= 4 is 23.4 Å². The molecule has 0 aliphatic carbocycles. The maximum absolute atomic E-state index is 12.5. The van der Waals surface area contributed by atoms with Gasteiger partial charge in [0.15, 0.2) is 0 Å². The van der Waals surface area contributed by atoms with Crippen LogP contribution in [0.1, 0.15) is 30.6 Å². The van der Waals surface area contributed by atoms with Gasteiger partial charge in [0.2, 0.25) is 5.91 Å². The molecule has 2 amide bonds. The van der Waals surface area contributed by atoms with Gasteiger partial charge in [0.05, 0.1) is 0 Å². The number of benzene rings is 1. The van der Waals surface area contributed by atoms with Crippen LogP contribution in [-0.2, 0) is 4.79 Å². The van der Waals surface area contributed by atoms with Crippen LogP contribution >= 0.6 is 11.6 Å². The second-order valence-corrected chi connectivity index (χ2v) is 7.93. The van der Waals surface area contributed by atoms with Crippen molar-refractivity contribution in [1.82, 2.24) is 20.4 Å². The summed E-state index contributed by atoms with van der Waals surface area (Å²) in [4.78, 5) is 29.7. The first-order chi connectivity index (χ1) is 12.9. The van der Waals surface area contributed by atoms with E-state index in [4.69, 9.17) is 11.6 Å². The molecule has 1 heterocycles. The third-order valence-electron chi connectivity index (χ3n) is 4.89. The van der Waals surface area contributed by atoms with Crippen molar-refractivity contribution < 1.29 is 9.59 Å². The molecule has 2 N–H and O–H groups in total. The first kappa shape index (κ1) is 21.7. The van der Waals surface area contributed by atoms with E-state index in [0.717, 1.165) is 39.1 Å². The number of piperazine rings is 1. The molecule has 27 heavy (non-hydrogen) atoms. The van der Waals surface area contributed by atoms with E-state index in [1.54, 1.807) is 24.3 Å². The zero-order valence-corrected chi connectivity index (χ0v) is 17.3. The van der Waals surface area contributed by atoms with Gasteiger partial charge in [0.1, 0.15) is 6.04 Å². The van der Waals surface area contributed by atoms with Crippen LogP contribution in [0.15, 0.2) is 24.3 Å². The molecule has 150 valence electrons. The molecular formula is C20H31ClN4O2. The maximum atomic E-state index is 12.5. The van der Waals surface area contributed by atoms with Crippen LogP contribution in [0.25, 0.3) is 0 Å². The molecule has 1 aromatic rings. The summed E-state index contributed by atoms with van der Waals surface area (Å²) in [5.41, 5.74) is 0.493. The SMILES string of the molecule is CC(C)[C@H](NC(=O)c1ccc(Cl)cc1)C(=O)NCCCN1CCN(C)CC1. The summed E-state index contributed by atoms with van der Waals surface area (Å²) >= 11 is 5.86. The number of nitrogens with one attached hydrogen (secondary N) is 2. The number of halogens is 1. The van der Waals surface area contributed by atoms with E-state index in [2.05, 4.69) is 27.5 Å². The van der Waals surface area contributed by atoms with Crippen molar-refractivity contribution in [2.24, 2.45) is 5.92 Å². The molecule has 1 aliphatic heterocycles. The number of likely N-dealkylation sites (N-methyl/N-ethyl adjacent to an activating group) is 1. The minimum absolute atomic E-state index is 0.00104. The zero-order valence-electron chi connectivity index (χ0n) is 16.5. The number of carbonyl (C=O) groups is 2. The topological polar surface area (TPSA) is 64.7 Å². The Balaban J connectivity index is 1.76. The molecule has 1 aromatic carbocycles. The van der Waals surface area contributed by atoms with Crippen molar-refractivity contribution in [1.29, 1.82) is 0 Å². The molecule has 0 spiro atoms. The van der Waals surface area contributed by atoms with Crippen LogP contribution in [0.5, 0.6) is 0 Å². The van der Waals surface area contributed by atoms with Crippen LogP contribution < -0.4 is 10.6 Å². The molecule has 1 atom stereocenters. The van der Waals surface area contributed by atoms with E-state index in [1.807, 2.05) is 13.8 Å². The molecule has 0 saturated carbocycles. The Hall–Kier alpha value is -1.63. The first-order valence-corrected chi connectivity index (χ1v) is 9.99. The summed E-state index contributed by atoms with van der Waals surface area (Å²) in [5.74, 6) is -0.400. The smallest absolute Gasteiger partial charge is 0.251 e. The second kappa shape index (κ2) is 10.6. The van der Waals surface area contributed by atoms with Crippen LogP contribution in [-0.4, -0.2) is 74.0 Å². The lowest BCUT2D eigenvalue weighted by Crippen LogP contribution is -2.50. The van der Waals surface area contributed by atoms with Crippen molar-refractivity contribution in [3.8, 4) is 0 Å². The average molecular weight is 395 g/mol. The Morgan fingerprint density at radius 3 is 2.33 bits per heavy atom. The molecule has 7 heteroatoms. The van der Waals surface area contributed by atoms with E-state index in [9.17, 15) is 9.59 Å². The summed E-state index contributed by atoms with van der Waals surface area (Å²) in [6.45, 7) is 9.81. The average Bonchev–Trinajstić information content (AvgIpc) is 2.64. The van der Waals surface area contributed by atoms with Gasteiger partial charge in [0, 0.05) is 43.3 Å². The molecule has 0 radical (unpaired) electrons. The summed E-state index contributed by atoms with van der Waals surface area (Å²) < 4.78 is 0. The van der Waals surface area contributed by atoms with Gasteiger partial charge in [-0.3, -0.25) is 9.59 Å². The highest BCUT2D eigenvalue weighted by Crippen LogP contribution is 2.11. The number of amides is 2. The molecular weight excluding hydrogens is 364 g/mol. The first-order valence-electron chi connectivity index (χ1n) is 9.62. The van der Waals surface area contributed by atoms with E-state index < -0.39 is 6.04 Å². The molecule has 6 nitrogen and oxygen atoms in total. The van der Waals surface area contributed by atoms with E-state index in [-0.39, 0.29) is 17.7 Å². The van der Waals surface area contributed by atoms with E-state index in [1.165, 1.54) is 0 Å². The lowest BCUT2D eigenvalue weighted by molar-refractivity contribution is -0.123. The largest absolute Gasteiger partial charge is 0.354 e. The predicted molar refractivity (Wildman–Crippen MR) is 109 cm³/mol. The van der Waals surface area contributed by atoms with E-state index >= 15 is 0 Å². The maximum Gasteiger partial charge on any atom is 0.251 e. The van der Waals surface area contributed by atoms with Gasteiger partial charge in [-0.05, 0) is 50.2 Å². The van der Waals surface area contributed by atoms with E-state index in [0.29, 0.717) is 17.1 Å². The molecule has 0 aromatic heterocycles. The minimum atomic E-state index is -0.559. The Labute approximate surface area is 167 Å². The third kappa shape index (κ3) is 7.13. The zero-order chi connectivity index (χ0) is 19.8. The second-order valence-electron chi connectivity index (χ2n) is 7.49. The summed E-state index contributed by atoms with van der Waals surface area (Å²) in [6.07, 6.45) is 0.908. The van der Waals surface area contributed by atoms with Crippen molar-refractivity contribution in [3.63, 3.8) is 0 Å². The Morgan fingerprint density at radius 1 is 1.11 bits per heavy atom. The Morgan fingerprint density at radius 2 is 1.74 bits per heavy atom. The molecule has 2 rings (SSSR count). The lowest BCUT2D eigenvalue weighted by atomic mass is 10.0. The van der Waals surface area contributed by atoms with Gasteiger partial charge in [-0.15, -0.1) is 0 Å². The number of carbonyl (C=O) groups excluding carboxylic acids is 2. The molecule has 1 fully saturated rings. The van der Waals surface area contributed by atoms with Gasteiger partial charge in [-0.1, -0.05) is 25.4 Å². The fourth-order valence-corrected chi connectivity index (χ4v) is 3.18. The molecule has 0 unspecified atom stereocenters. The normalized spacial score (nSPS) is 16.9. The number of hydrogen-bond acceptors (Lipinski definition) is 4. The van der Waals surface area contributed by atoms with Gasteiger partial charge < -0.3 is 20.4 Å². The number of rotatable bonds is 8. The van der Waals surface area contributed by atoms with Crippen LogP contribution in [0.3, 0.4) is 0 Å². The summed E-state index contributed by atoms with van der Waals surface area (Å²) in [5, 5.41) is 6.38. The number of hydrogen-bond donors (Lipinski definition) is 2. The standard InChI is InChI=1S/C20H31ClN4O2/c1-15(2)18(23-19(26)16-5-7-17(21)8-6-16)20(27)22-9-4-10-25-13-11-24(3)12-14-25/h5-8,15,18H,4,9-14H2,1-3H3,(H,22,27)(H,23,26)/t18-/m0/s1. The molecule has 0 bridgehead atoms.